The molecule has 1 heterocycles. The van der Waals surface area contributed by atoms with Crippen molar-refractivity contribution in [3.05, 3.63) is 23.8 Å². The molecule has 1 fully saturated rings. The molecule has 0 amide bonds. The number of rotatable bonds is 5. The summed E-state index contributed by atoms with van der Waals surface area (Å²) in [5, 5.41) is 11.3. The van der Waals surface area contributed by atoms with Crippen LogP contribution in [0.4, 0.5) is 0 Å². The monoisotopic (exact) mass is 366 g/mol. The third-order valence-electron chi connectivity index (χ3n) is 6.68. The molecule has 0 radical (unpaired) electrons. The minimum atomic E-state index is -0.496. The summed E-state index contributed by atoms with van der Waals surface area (Å²) in [4.78, 5) is 12.6. The van der Waals surface area contributed by atoms with Gasteiger partial charge in [-0.15, -0.1) is 30.1 Å². The van der Waals surface area contributed by atoms with Gasteiger partial charge in [-0.3, -0.25) is 4.79 Å². The van der Waals surface area contributed by atoms with E-state index < -0.39 is 11.5 Å². The largest absolute Gasteiger partial charge is 0.392 e. The van der Waals surface area contributed by atoms with Crippen LogP contribution in [0.1, 0.15) is 52.9 Å². The van der Waals surface area contributed by atoms with E-state index in [1.807, 2.05) is 29.6 Å². The molecule has 2 nitrogen and oxygen atoms in total. The second-order valence-corrected chi connectivity index (χ2v) is 10.9. The Hall–Kier alpha value is -0.190. The molecular weight excluding hydrogens is 336 g/mol. The highest BCUT2D eigenvalue weighted by atomic mass is 32.2. The van der Waals surface area contributed by atoms with E-state index in [1.165, 1.54) is 17.1 Å². The maximum atomic E-state index is 12.6. The number of Topliss-reactive ketones (excluding diaryl/α,β-unsaturated/α-hetero) is 1. The molecule has 0 saturated carbocycles. The first kappa shape index (κ1) is 18.6. The fraction of sp³-hybridized carbons (Fsp3) is 0.750. The number of ketones is 1. The zero-order valence-electron chi connectivity index (χ0n) is 15.1. The molecule has 134 valence electrons. The molecule has 4 atom stereocenters. The van der Waals surface area contributed by atoms with Gasteiger partial charge in [-0.1, -0.05) is 32.4 Å². The molecule has 4 heteroatoms. The zero-order valence-corrected chi connectivity index (χ0v) is 16.8. The molecule has 0 aromatic rings. The molecule has 0 unspecified atom stereocenters. The van der Waals surface area contributed by atoms with Crippen LogP contribution in [0.3, 0.4) is 0 Å². The Morgan fingerprint density at radius 2 is 2.04 bits per heavy atom. The Balaban J connectivity index is 1.89. The van der Waals surface area contributed by atoms with Crippen molar-refractivity contribution in [2.24, 2.45) is 16.7 Å². The van der Waals surface area contributed by atoms with Crippen LogP contribution >= 0.6 is 23.5 Å². The van der Waals surface area contributed by atoms with Crippen molar-refractivity contribution >= 4 is 29.3 Å². The fourth-order valence-corrected chi connectivity index (χ4v) is 8.03. The topological polar surface area (TPSA) is 37.3 Å². The predicted octanol–water partition coefficient (Wildman–Crippen LogP) is 4.83. The number of aliphatic hydroxyl groups is 1. The van der Waals surface area contributed by atoms with E-state index in [1.54, 1.807) is 0 Å². The molecule has 0 aromatic carbocycles. The van der Waals surface area contributed by atoms with Crippen LogP contribution in [-0.4, -0.2) is 33.1 Å². The number of hydrogen-bond acceptors (Lipinski definition) is 4. The fourth-order valence-electron chi connectivity index (χ4n) is 4.72. The van der Waals surface area contributed by atoms with Crippen molar-refractivity contribution in [3.63, 3.8) is 0 Å². The molecule has 0 aromatic heterocycles. The van der Waals surface area contributed by atoms with Crippen molar-refractivity contribution in [2.45, 2.75) is 63.6 Å². The van der Waals surface area contributed by atoms with Crippen molar-refractivity contribution < 1.29 is 9.90 Å². The van der Waals surface area contributed by atoms with Gasteiger partial charge in [-0.05, 0) is 31.6 Å². The van der Waals surface area contributed by atoms with Gasteiger partial charge in [0.1, 0.15) is 0 Å². The van der Waals surface area contributed by atoms with Crippen LogP contribution in [0, 0.1) is 16.7 Å². The van der Waals surface area contributed by atoms with E-state index in [-0.39, 0.29) is 11.2 Å². The summed E-state index contributed by atoms with van der Waals surface area (Å²) in [6.45, 7) is 10.7. The highest BCUT2D eigenvalue weighted by molar-refractivity contribution is 8.20. The minimum absolute atomic E-state index is 0.103. The molecule has 1 aliphatic heterocycles. The van der Waals surface area contributed by atoms with Gasteiger partial charge in [0, 0.05) is 34.3 Å². The normalized spacial score (nSPS) is 35.0. The average molecular weight is 367 g/mol. The second kappa shape index (κ2) is 6.85. The molecule has 0 bridgehead atoms. The molecule has 0 spiro atoms. The Kier molecular flexibility index (Phi) is 5.30. The van der Waals surface area contributed by atoms with Crippen molar-refractivity contribution in [1.29, 1.82) is 0 Å². The summed E-state index contributed by atoms with van der Waals surface area (Å²) in [5.74, 6) is 2.97. The van der Waals surface area contributed by atoms with Crippen LogP contribution in [0.25, 0.3) is 0 Å². The van der Waals surface area contributed by atoms with Gasteiger partial charge in [-0.2, -0.15) is 0 Å². The number of hydrogen-bond donors (Lipinski definition) is 1. The number of aliphatic hydroxyl groups excluding tert-OH is 1. The Labute approximate surface area is 154 Å². The highest BCUT2D eigenvalue weighted by Crippen LogP contribution is 2.55. The standard InChI is InChI=1S/C20H30O2S2/c1-5-19(3,18-23-10-11-24-18)12-16(22)20(4)13(2)6-7-14-8-9-15(21)17(14)20/h5,13,16,18,22H,1,6-12H2,2-4H3/t13-,16-,19-,20+/m1/s1. The number of allylic oxidation sites excluding steroid dienone is 2. The Bertz CT molecular complexity index is 564. The predicted molar refractivity (Wildman–Crippen MR) is 105 cm³/mol. The molecule has 3 rings (SSSR count). The van der Waals surface area contributed by atoms with Crippen molar-refractivity contribution in [2.75, 3.05) is 11.5 Å². The van der Waals surface area contributed by atoms with Crippen LogP contribution in [0.15, 0.2) is 23.8 Å². The summed E-state index contributed by atoms with van der Waals surface area (Å²) in [7, 11) is 0. The summed E-state index contributed by atoms with van der Waals surface area (Å²) < 4.78 is 0.458. The lowest BCUT2D eigenvalue weighted by Gasteiger charge is -2.47. The summed E-state index contributed by atoms with van der Waals surface area (Å²) >= 11 is 3.97. The van der Waals surface area contributed by atoms with Gasteiger partial charge >= 0.3 is 0 Å². The molecule has 24 heavy (non-hydrogen) atoms. The third-order valence-corrected chi connectivity index (χ3v) is 10.3. The quantitative estimate of drug-likeness (QED) is 0.707. The number of thioether (sulfide) groups is 2. The lowest BCUT2D eigenvalue weighted by atomic mass is 9.60. The van der Waals surface area contributed by atoms with Crippen LogP contribution < -0.4 is 0 Å². The first-order chi connectivity index (χ1) is 11.3. The Morgan fingerprint density at radius 3 is 2.67 bits per heavy atom. The summed E-state index contributed by atoms with van der Waals surface area (Å²) in [6, 6.07) is 0. The van der Waals surface area contributed by atoms with E-state index in [2.05, 4.69) is 27.4 Å². The van der Waals surface area contributed by atoms with Gasteiger partial charge in [0.05, 0.1) is 10.7 Å². The average Bonchev–Trinajstić information content (AvgIpc) is 3.21. The van der Waals surface area contributed by atoms with Crippen molar-refractivity contribution in [1.82, 2.24) is 0 Å². The zero-order chi connectivity index (χ0) is 17.5. The van der Waals surface area contributed by atoms with Crippen molar-refractivity contribution in [3.8, 4) is 0 Å². The highest BCUT2D eigenvalue weighted by Gasteiger charge is 2.51. The maximum absolute atomic E-state index is 12.6. The van der Waals surface area contributed by atoms with Gasteiger partial charge in [0.2, 0.25) is 0 Å². The lowest BCUT2D eigenvalue weighted by Crippen LogP contribution is -2.46. The van der Waals surface area contributed by atoms with Gasteiger partial charge in [0.25, 0.3) is 0 Å². The minimum Gasteiger partial charge on any atom is -0.392 e. The van der Waals surface area contributed by atoms with E-state index in [9.17, 15) is 9.90 Å². The van der Waals surface area contributed by atoms with Crippen LogP contribution in [0.2, 0.25) is 0 Å². The van der Waals surface area contributed by atoms with Crippen LogP contribution in [-0.2, 0) is 4.79 Å². The first-order valence-electron chi connectivity index (χ1n) is 9.13. The molecular formula is C20H30O2S2. The summed E-state index contributed by atoms with van der Waals surface area (Å²) in [5.41, 5.74) is 1.80. The SMILES string of the molecule is C=C[C@](C)(C[C@@H](O)[C@@]1(C)C2=C(CCC2=O)CC[C@H]1C)C1SCCS1. The summed E-state index contributed by atoms with van der Waals surface area (Å²) in [6.07, 6.45) is 5.91. The van der Waals surface area contributed by atoms with Gasteiger partial charge in [0.15, 0.2) is 5.78 Å². The van der Waals surface area contributed by atoms with Gasteiger partial charge < -0.3 is 5.11 Å². The number of carbonyl (C=O) groups is 1. The van der Waals surface area contributed by atoms with E-state index in [4.69, 9.17) is 0 Å². The molecule has 2 aliphatic carbocycles. The smallest absolute Gasteiger partial charge is 0.159 e. The molecule has 1 saturated heterocycles. The van der Waals surface area contributed by atoms with E-state index >= 15 is 0 Å². The molecule has 3 aliphatic rings. The van der Waals surface area contributed by atoms with E-state index in [0.29, 0.717) is 23.3 Å². The Morgan fingerprint density at radius 1 is 1.38 bits per heavy atom. The maximum Gasteiger partial charge on any atom is 0.159 e. The van der Waals surface area contributed by atoms with Crippen LogP contribution in [0.5, 0.6) is 0 Å². The molecule has 1 N–H and O–H groups in total. The number of carbonyl (C=O) groups excluding carboxylic acids is 1. The van der Waals surface area contributed by atoms with E-state index in [0.717, 1.165) is 24.8 Å². The lowest BCUT2D eigenvalue weighted by molar-refractivity contribution is -0.118. The first-order valence-corrected chi connectivity index (χ1v) is 11.2. The third kappa shape index (κ3) is 2.93. The van der Waals surface area contributed by atoms with Gasteiger partial charge in [-0.25, -0.2) is 0 Å². The second-order valence-electron chi connectivity index (χ2n) is 8.13.